The summed E-state index contributed by atoms with van der Waals surface area (Å²) in [6, 6.07) is 12.8. The average Bonchev–Trinajstić information content (AvgIpc) is 2.74. The maximum Gasteiger partial charge on any atom is 0.243 e. The first-order valence-electron chi connectivity index (χ1n) is 9.71. The number of hydrogen-bond acceptors (Lipinski definition) is 5. The summed E-state index contributed by atoms with van der Waals surface area (Å²) in [6.45, 7) is 1.33. The molecule has 1 fully saturated rings. The van der Waals surface area contributed by atoms with Crippen molar-refractivity contribution in [2.45, 2.75) is 29.9 Å². The summed E-state index contributed by atoms with van der Waals surface area (Å²) < 4.78 is 59.1. The Morgan fingerprint density at radius 2 is 1.53 bits per heavy atom. The monoisotopic (exact) mass is 472 g/mol. The Kier molecular flexibility index (Phi) is 7.75. The molecule has 30 heavy (non-hydrogen) atoms. The number of ether oxygens (including phenoxy) is 1. The smallest absolute Gasteiger partial charge is 0.243 e. The molecule has 0 saturated carbocycles. The Balaban J connectivity index is 1.47. The SMILES string of the molecule is O=S(=O)(Cc1ccc(Cl)cc1)NCCOc1ccc(S(=O)(=O)N2CCCCC2)cc1. The predicted octanol–water partition coefficient (Wildman–Crippen LogP) is 3.01. The van der Waals surface area contributed by atoms with Gasteiger partial charge in [-0.15, -0.1) is 0 Å². The van der Waals surface area contributed by atoms with Gasteiger partial charge in [-0.05, 0) is 54.8 Å². The van der Waals surface area contributed by atoms with E-state index in [1.807, 2.05) is 0 Å². The number of nitrogens with zero attached hydrogens (tertiary/aromatic N) is 1. The summed E-state index contributed by atoms with van der Waals surface area (Å²) in [5, 5.41) is 0.548. The normalized spacial score (nSPS) is 15.8. The van der Waals surface area contributed by atoms with E-state index in [0.29, 0.717) is 29.4 Å². The summed E-state index contributed by atoms with van der Waals surface area (Å²) in [6.07, 6.45) is 2.82. The number of halogens is 1. The average molecular weight is 473 g/mol. The van der Waals surface area contributed by atoms with Crippen molar-refractivity contribution in [3.63, 3.8) is 0 Å². The Morgan fingerprint density at radius 1 is 0.900 bits per heavy atom. The van der Waals surface area contributed by atoms with E-state index in [-0.39, 0.29) is 23.8 Å². The number of piperidine rings is 1. The van der Waals surface area contributed by atoms with Crippen molar-refractivity contribution < 1.29 is 21.6 Å². The first kappa shape index (κ1) is 23.0. The molecule has 164 valence electrons. The maximum absolute atomic E-state index is 12.6. The van der Waals surface area contributed by atoms with Gasteiger partial charge in [0.25, 0.3) is 0 Å². The Hall–Kier alpha value is -1.65. The van der Waals surface area contributed by atoms with Gasteiger partial charge in [-0.2, -0.15) is 4.31 Å². The lowest BCUT2D eigenvalue weighted by atomic mass is 10.2. The molecule has 1 aliphatic heterocycles. The second-order valence-corrected chi connectivity index (χ2v) is 11.2. The van der Waals surface area contributed by atoms with Crippen molar-refractivity contribution in [3.8, 4) is 5.75 Å². The largest absolute Gasteiger partial charge is 0.492 e. The standard InChI is InChI=1S/C20H25ClN2O5S2/c21-18-6-4-17(5-7-18)16-29(24,25)22-12-15-28-19-8-10-20(11-9-19)30(26,27)23-13-2-1-3-14-23/h4-11,22H,1-3,12-16H2. The van der Waals surface area contributed by atoms with Crippen molar-refractivity contribution in [1.29, 1.82) is 0 Å². The van der Waals surface area contributed by atoms with Gasteiger partial charge in [0.2, 0.25) is 20.0 Å². The van der Waals surface area contributed by atoms with Crippen LogP contribution in [0.4, 0.5) is 0 Å². The van der Waals surface area contributed by atoms with Crippen LogP contribution in [0.5, 0.6) is 5.75 Å². The fourth-order valence-corrected chi connectivity index (χ4v) is 5.95. The molecule has 0 aliphatic carbocycles. The second-order valence-electron chi connectivity index (χ2n) is 7.06. The molecule has 0 aromatic heterocycles. The number of hydrogen-bond donors (Lipinski definition) is 1. The van der Waals surface area contributed by atoms with Crippen LogP contribution in [0, 0.1) is 0 Å². The van der Waals surface area contributed by atoms with Crippen molar-refractivity contribution >= 4 is 31.6 Å². The van der Waals surface area contributed by atoms with Gasteiger partial charge in [0.15, 0.2) is 0 Å². The van der Waals surface area contributed by atoms with Crippen LogP contribution in [0.3, 0.4) is 0 Å². The zero-order chi connectivity index (χ0) is 21.6. The van der Waals surface area contributed by atoms with E-state index in [0.717, 1.165) is 19.3 Å². The van der Waals surface area contributed by atoms with Crippen molar-refractivity contribution in [2.24, 2.45) is 0 Å². The Bertz CT molecular complexity index is 1030. The van der Waals surface area contributed by atoms with Gasteiger partial charge in [0.05, 0.1) is 10.6 Å². The van der Waals surface area contributed by atoms with Gasteiger partial charge in [-0.1, -0.05) is 30.2 Å². The third kappa shape index (κ3) is 6.42. The molecule has 7 nitrogen and oxygen atoms in total. The van der Waals surface area contributed by atoms with Gasteiger partial charge in [-0.25, -0.2) is 21.6 Å². The molecular formula is C20H25ClN2O5S2. The van der Waals surface area contributed by atoms with E-state index >= 15 is 0 Å². The molecule has 2 aromatic rings. The minimum atomic E-state index is -3.50. The van der Waals surface area contributed by atoms with E-state index in [2.05, 4.69) is 4.72 Å². The highest BCUT2D eigenvalue weighted by molar-refractivity contribution is 7.89. The van der Waals surface area contributed by atoms with E-state index in [1.54, 1.807) is 36.4 Å². The molecule has 0 spiro atoms. The molecule has 1 aliphatic rings. The zero-order valence-electron chi connectivity index (χ0n) is 16.5. The van der Waals surface area contributed by atoms with Crippen molar-refractivity contribution in [3.05, 3.63) is 59.1 Å². The molecular weight excluding hydrogens is 448 g/mol. The molecule has 0 radical (unpaired) electrons. The van der Waals surface area contributed by atoms with Crippen LogP contribution >= 0.6 is 11.6 Å². The maximum atomic E-state index is 12.6. The topological polar surface area (TPSA) is 92.8 Å². The van der Waals surface area contributed by atoms with Crippen LogP contribution in [0.2, 0.25) is 5.02 Å². The number of sulfonamides is 2. The molecule has 10 heteroatoms. The first-order chi connectivity index (χ1) is 14.3. The summed E-state index contributed by atoms with van der Waals surface area (Å²) in [7, 11) is -6.98. The molecule has 0 amide bonds. The van der Waals surface area contributed by atoms with Crippen LogP contribution in [0.25, 0.3) is 0 Å². The number of benzene rings is 2. The molecule has 0 bridgehead atoms. The minimum Gasteiger partial charge on any atom is -0.492 e. The molecule has 1 heterocycles. The molecule has 1 saturated heterocycles. The Labute approximate surface area is 183 Å². The van der Waals surface area contributed by atoms with Crippen LogP contribution < -0.4 is 9.46 Å². The zero-order valence-corrected chi connectivity index (χ0v) is 18.8. The number of rotatable bonds is 9. The van der Waals surface area contributed by atoms with E-state index in [1.165, 1.54) is 16.4 Å². The lowest BCUT2D eigenvalue weighted by Gasteiger charge is -2.25. The minimum absolute atomic E-state index is 0.101. The molecule has 3 rings (SSSR count). The Morgan fingerprint density at radius 3 is 2.17 bits per heavy atom. The van der Waals surface area contributed by atoms with Gasteiger partial charge < -0.3 is 4.74 Å². The van der Waals surface area contributed by atoms with Gasteiger partial charge in [0.1, 0.15) is 12.4 Å². The van der Waals surface area contributed by atoms with E-state index in [9.17, 15) is 16.8 Å². The lowest BCUT2D eigenvalue weighted by Crippen LogP contribution is -2.35. The number of nitrogens with one attached hydrogen (secondary N) is 1. The van der Waals surface area contributed by atoms with Crippen molar-refractivity contribution in [1.82, 2.24) is 9.03 Å². The highest BCUT2D eigenvalue weighted by Gasteiger charge is 2.25. The fourth-order valence-electron chi connectivity index (χ4n) is 3.18. The summed E-state index contributed by atoms with van der Waals surface area (Å²) in [5.41, 5.74) is 0.637. The van der Waals surface area contributed by atoms with Crippen LogP contribution in [-0.2, 0) is 25.8 Å². The molecule has 0 unspecified atom stereocenters. The molecule has 1 N–H and O–H groups in total. The fraction of sp³-hybridized carbons (Fsp3) is 0.400. The highest BCUT2D eigenvalue weighted by Crippen LogP contribution is 2.22. The second kappa shape index (κ2) is 10.1. The summed E-state index contributed by atoms with van der Waals surface area (Å²) in [4.78, 5) is 0.236. The molecule has 2 aromatic carbocycles. The van der Waals surface area contributed by atoms with Gasteiger partial charge in [-0.3, -0.25) is 0 Å². The van der Waals surface area contributed by atoms with Crippen molar-refractivity contribution in [2.75, 3.05) is 26.2 Å². The van der Waals surface area contributed by atoms with Crippen LogP contribution in [-0.4, -0.2) is 47.4 Å². The third-order valence-corrected chi connectivity index (χ3v) is 8.26. The summed E-state index contributed by atoms with van der Waals surface area (Å²) >= 11 is 5.80. The van der Waals surface area contributed by atoms with Crippen LogP contribution in [0.1, 0.15) is 24.8 Å². The lowest BCUT2D eigenvalue weighted by molar-refractivity contribution is 0.322. The summed E-state index contributed by atoms with van der Waals surface area (Å²) in [5.74, 6) is 0.331. The predicted molar refractivity (Wildman–Crippen MR) is 117 cm³/mol. The third-order valence-electron chi connectivity index (χ3n) is 4.74. The van der Waals surface area contributed by atoms with E-state index in [4.69, 9.17) is 16.3 Å². The first-order valence-corrected chi connectivity index (χ1v) is 13.2. The van der Waals surface area contributed by atoms with Crippen LogP contribution in [0.15, 0.2) is 53.4 Å². The quantitative estimate of drug-likeness (QED) is 0.566. The van der Waals surface area contributed by atoms with Gasteiger partial charge in [0, 0.05) is 24.7 Å². The highest BCUT2D eigenvalue weighted by atomic mass is 35.5. The molecule has 0 atom stereocenters. The van der Waals surface area contributed by atoms with Gasteiger partial charge >= 0.3 is 0 Å². The van der Waals surface area contributed by atoms with E-state index < -0.39 is 20.0 Å².